The summed E-state index contributed by atoms with van der Waals surface area (Å²) in [7, 11) is -2.08. The van der Waals surface area contributed by atoms with E-state index in [1.165, 1.54) is 26.9 Å². The number of hydrogen-bond acceptors (Lipinski definition) is 5. The first-order chi connectivity index (χ1) is 13.0. The zero-order valence-corrected chi connectivity index (χ0v) is 16.6. The van der Waals surface area contributed by atoms with Gasteiger partial charge in [-0.2, -0.15) is 4.31 Å². The number of nitrogens with zero attached hydrogens (tertiary/aromatic N) is 2. The summed E-state index contributed by atoms with van der Waals surface area (Å²) in [6.45, 7) is 1.07. The molecule has 0 bridgehead atoms. The number of sulfonamides is 1. The molecule has 3 aromatic rings. The molecule has 0 aliphatic carbocycles. The SMILES string of the molecule is COc1ccc(S(=O)(=O)N2CCCCC2)cc1-n1sc2ccccc2c1=O. The van der Waals surface area contributed by atoms with Gasteiger partial charge in [-0.15, -0.1) is 0 Å². The second-order valence-corrected chi connectivity index (χ2v) is 9.41. The molecule has 1 fully saturated rings. The van der Waals surface area contributed by atoms with Crippen molar-refractivity contribution in [1.29, 1.82) is 0 Å². The Morgan fingerprint density at radius 2 is 1.78 bits per heavy atom. The second kappa shape index (κ2) is 7.10. The van der Waals surface area contributed by atoms with Gasteiger partial charge in [0.2, 0.25) is 10.0 Å². The average molecular weight is 405 g/mol. The van der Waals surface area contributed by atoms with Crippen LogP contribution in [0.25, 0.3) is 15.8 Å². The topological polar surface area (TPSA) is 68.6 Å². The molecule has 8 heteroatoms. The van der Waals surface area contributed by atoms with E-state index in [-0.39, 0.29) is 10.5 Å². The van der Waals surface area contributed by atoms with Gasteiger partial charge in [-0.1, -0.05) is 30.1 Å². The number of benzene rings is 2. The van der Waals surface area contributed by atoms with Crippen molar-refractivity contribution in [3.8, 4) is 11.4 Å². The molecule has 1 aliphatic heterocycles. The van der Waals surface area contributed by atoms with E-state index in [1.54, 1.807) is 24.3 Å². The fourth-order valence-corrected chi connectivity index (χ4v) is 5.92. The van der Waals surface area contributed by atoms with Gasteiger partial charge in [0, 0.05) is 13.1 Å². The highest BCUT2D eigenvalue weighted by atomic mass is 32.2. The van der Waals surface area contributed by atoms with E-state index in [1.807, 2.05) is 18.2 Å². The minimum absolute atomic E-state index is 0.179. The van der Waals surface area contributed by atoms with E-state index >= 15 is 0 Å². The van der Waals surface area contributed by atoms with Crippen LogP contribution in [0.1, 0.15) is 19.3 Å². The molecule has 2 heterocycles. The predicted molar refractivity (Wildman–Crippen MR) is 107 cm³/mol. The van der Waals surface area contributed by atoms with Crippen molar-refractivity contribution in [2.24, 2.45) is 0 Å². The molecule has 0 radical (unpaired) electrons. The highest BCUT2D eigenvalue weighted by Gasteiger charge is 2.27. The molecule has 0 spiro atoms. The highest BCUT2D eigenvalue weighted by molar-refractivity contribution is 7.89. The van der Waals surface area contributed by atoms with Gasteiger partial charge in [-0.25, -0.2) is 12.4 Å². The van der Waals surface area contributed by atoms with Gasteiger partial charge in [0.1, 0.15) is 11.4 Å². The Hall–Kier alpha value is -2.16. The number of rotatable bonds is 4. The Balaban J connectivity index is 1.86. The van der Waals surface area contributed by atoms with Gasteiger partial charge in [0.15, 0.2) is 0 Å². The third-order valence-electron chi connectivity index (χ3n) is 4.81. The Morgan fingerprint density at radius 1 is 1.04 bits per heavy atom. The highest BCUT2D eigenvalue weighted by Crippen LogP contribution is 2.30. The van der Waals surface area contributed by atoms with E-state index in [4.69, 9.17) is 4.74 Å². The smallest absolute Gasteiger partial charge is 0.273 e. The van der Waals surface area contributed by atoms with E-state index in [2.05, 4.69) is 0 Å². The molecule has 0 N–H and O–H groups in total. The Morgan fingerprint density at radius 3 is 2.48 bits per heavy atom. The molecular weight excluding hydrogens is 384 g/mol. The molecule has 1 aliphatic rings. The molecule has 0 amide bonds. The van der Waals surface area contributed by atoms with Crippen molar-refractivity contribution >= 4 is 31.6 Å². The summed E-state index contributed by atoms with van der Waals surface area (Å²) in [5.41, 5.74) is 0.267. The maximum atomic E-state index is 13.0. The standard InChI is InChI=1S/C19H20N2O4S2/c1-25-17-10-9-14(27(23,24)20-11-5-2-6-12-20)13-16(17)21-19(22)15-7-3-4-8-18(15)26-21/h3-4,7-10,13H,2,5-6,11-12H2,1H3. The Labute approximate surface area is 161 Å². The lowest BCUT2D eigenvalue weighted by molar-refractivity contribution is 0.346. The fraction of sp³-hybridized carbons (Fsp3) is 0.316. The van der Waals surface area contributed by atoms with Gasteiger partial charge in [-0.05, 0) is 43.2 Å². The molecule has 0 atom stereocenters. The normalized spacial score (nSPS) is 15.9. The monoisotopic (exact) mass is 404 g/mol. The second-order valence-electron chi connectivity index (χ2n) is 6.49. The number of ether oxygens (including phenoxy) is 1. The molecule has 0 saturated carbocycles. The van der Waals surface area contributed by atoms with Crippen molar-refractivity contribution in [3.05, 3.63) is 52.8 Å². The predicted octanol–water partition coefficient (Wildman–Crippen LogP) is 3.24. The van der Waals surface area contributed by atoms with Gasteiger partial charge >= 0.3 is 0 Å². The maximum absolute atomic E-state index is 13.0. The number of piperidine rings is 1. The Kier molecular flexibility index (Phi) is 4.79. The van der Waals surface area contributed by atoms with Crippen LogP contribution in [0.5, 0.6) is 5.75 Å². The summed E-state index contributed by atoms with van der Waals surface area (Å²) in [6, 6.07) is 12.0. The number of aromatic nitrogens is 1. The maximum Gasteiger partial charge on any atom is 0.273 e. The third-order valence-corrected chi connectivity index (χ3v) is 7.81. The molecule has 142 valence electrons. The minimum atomic E-state index is -3.59. The van der Waals surface area contributed by atoms with Crippen molar-refractivity contribution < 1.29 is 13.2 Å². The van der Waals surface area contributed by atoms with Crippen LogP contribution in [0.15, 0.2) is 52.2 Å². The largest absolute Gasteiger partial charge is 0.495 e. The summed E-state index contributed by atoms with van der Waals surface area (Å²) in [6.07, 6.45) is 2.80. The third kappa shape index (κ3) is 3.18. The molecule has 27 heavy (non-hydrogen) atoms. The summed E-state index contributed by atoms with van der Waals surface area (Å²) >= 11 is 1.28. The minimum Gasteiger partial charge on any atom is -0.495 e. The molecular formula is C19H20N2O4S2. The van der Waals surface area contributed by atoms with Crippen molar-refractivity contribution in [1.82, 2.24) is 8.26 Å². The summed E-state index contributed by atoms with van der Waals surface area (Å²) in [5, 5.41) is 0.605. The number of fused-ring (bicyclic) bond motifs is 1. The van der Waals surface area contributed by atoms with E-state index < -0.39 is 10.0 Å². The lowest BCUT2D eigenvalue weighted by Crippen LogP contribution is -2.35. The van der Waals surface area contributed by atoms with Crippen LogP contribution in [0.2, 0.25) is 0 Å². The van der Waals surface area contributed by atoms with Gasteiger partial charge in [-0.3, -0.25) is 4.79 Å². The first kappa shape index (κ1) is 18.2. The molecule has 6 nitrogen and oxygen atoms in total. The van der Waals surface area contributed by atoms with Crippen LogP contribution in [0, 0.1) is 0 Å². The first-order valence-electron chi connectivity index (χ1n) is 8.82. The molecule has 0 unspecified atom stereocenters. The summed E-state index contributed by atoms with van der Waals surface area (Å²) < 4.78 is 35.3. The Bertz CT molecular complexity index is 1140. The van der Waals surface area contributed by atoms with Gasteiger partial charge in [0.05, 0.1) is 22.1 Å². The number of hydrogen-bond donors (Lipinski definition) is 0. The van der Waals surface area contributed by atoms with Crippen molar-refractivity contribution in [2.75, 3.05) is 20.2 Å². The summed E-state index contributed by atoms with van der Waals surface area (Å²) in [5.74, 6) is 0.459. The van der Waals surface area contributed by atoms with E-state index in [0.29, 0.717) is 29.9 Å². The average Bonchev–Trinajstić information content (AvgIpc) is 3.05. The molecule has 1 aromatic heterocycles. The number of methoxy groups -OCH3 is 1. The fourth-order valence-electron chi connectivity index (χ4n) is 3.37. The van der Waals surface area contributed by atoms with Crippen molar-refractivity contribution in [3.63, 3.8) is 0 Å². The van der Waals surface area contributed by atoms with Crippen LogP contribution < -0.4 is 10.3 Å². The quantitative estimate of drug-likeness (QED) is 0.669. The lowest BCUT2D eigenvalue weighted by atomic mass is 10.2. The van der Waals surface area contributed by atoms with Crippen LogP contribution in [0.3, 0.4) is 0 Å². The van der Waals surface area contributed by atoms with Crippen LogP contribution >= 0.6 is 11.5 Å². The lowest BCUT2D eigenvalue weighted by Gasteiger charge is -2.26. The van der Waals surface area contributed by atoms with Crippen LogP contribution in [-0.4, -0.2) is 36.9 Å². The zero-order valence-electron chi connectivity index (χ0n) is 14.9. The van der Waals surface area contributed by atoms with Crippen molar-refractivity contribution in [2.45, 2.75) is 24.2 Å². The molecule has 2 aromatic carbocycles. The van der Waals surface area contributed by atoms with Gasteiger partial charge < -0.3 is 4.74 Å². The van der Waals surface area contributed by atoms with Crippen LogP contribution in [-0.2, 0) is 10.0 Å². The van der Waals surface area contributed by atoms with E-state index in [0.717, 1.165) is 24.0 Å². The summed E-state index contributed by atoms with van der Waals surface area (Å²) in [4.78, 5) is 13.0. The molecule has 1 saturated heterocycles. The van der Waals surface area contributed by atoms with E-state index in [9.17, 15) is 13.2 Å². The zero-order chi connectivity index (χ0) is 19.0. The first-order valence-corrected chi connectivity index (χ1v) is 11.0. The van der Waals surface area contributed by atoms with Gasteiger partial charge in [0.25, 0.3) is 5.56 Å². The molecule has 4 rings (SSSR count). The van der Waals surface area contributed by atoms with Crippen LogP contribution in [0.4, 0.5) is 0 Å².